The molecule has 1 atom stereocenters. The maximum Gasteiger partial charge on any atom is 0.452 e. The van der Waals surface area contributed by atoms with Crippen LogP contribution in [0.2, 0.25) is 0 Å². The van der Waals surface area contributed by atoms with Gasteiger partial charge >= 0.3 is 6.18 Å². The lowest BCUT2D eigenvalue weighted by molar-refractivity contribution is -0.173. The highest BCUT2D eigenvalue weighted by molar-refractivity contribution is 5.98. The van der Waals surface area contributed by atoms with Crippen LogP contribution < -0.4 is 5.32 Å². The van der Waals surface area contributed by atoms with E-state index in [1.54, 1.807) is 60.7 Å². The first-order valence-electron chi connectivity index (χ1n) is 10.4. The van der Waals surface area contributed by atoms with Crippen molar-refractivity contribution >= 4 is 29.2 Å². The summed E-state index contributed by atoms with van der Waals surface area (Å²) in [6.07, 6.45) is -4.10. The van der Waals surface area contributed by atoms with E-state index in [9.17, 15) is 32.3 Å². The Balaban J connectivity index is 1.84. The van der Waals surface area contributed by atoms with Crippen LogP contribution in [0.3, 0.4) is 0 Å². The van der Waals surface area contributed by atoms with Crippen LogP contribution >= 0.6 is 0 Å². The fourth-order valence-electron chi connectivity index (χ4n) is 3.48. The number of nitrogens with one attached hydrogen (secondary N) is 1. The summed E-state index contributed by atoms with van der Waals surface area (Å²) in [5.74, 6) is -4.00. The normalized spacial score (nSPS) is 14.9. The number of amides is 3. The molecule has 1 unspecified atom stereocenters. The minimum atomic E-state index is -5.15. The van der Waals surface area contributed by atoms with E-state index in [-0.39, 0.29) is 24.6 Å². The van der Waals surface area contributed by atoms with E-state index in [1.165, 1.54) is 18.0 Å². The maximum atomic E-state index is 13.2. The van der Waals surface area contributed by atoms with E-state index in [0.29, 0.717) is 11.1 Å². The lowest BCUT2D eigenvalue weighted by Gasteiger charge is -2.33. The number of nitrogens with zero attached hydrogens (tertiary/aromatic N) is 2. The Hall–Kier alpha value is -3.95. The number of alkyl halides is 3. The molecule has 178 valence electrons. The average molecular weight is 473 g/mol. The van der Waals surface area contributed by atoms with Crippen LogP contribution in [0.25, 0.3) is 5.70 Å². The topological polar surface area (TPSA) is 86.8 Å². The highest BCUT2D eigenvalue weighted by Crippen LogP contribution is 2.24. The second-order valence-electron chi connectivity index (χ2n) is 7.68. The first-order chi connectivity index (χ1) is 16.1. The molecule has 0 saturated carbocycles. The third-order valence-electron chi connectivity index (χ3n) is 5.17. The van der Waals surface area contributed by atoms with Gasteiger partial charge in [0.1, 0.15) is 19.1 Å². The average Bonchev–Trinajstić information content (AvgIpc) is 2.79. The first kappa shape index (κ1) is 24.7. The van der Waals surface area contributed by atoms with Crippen molar-refractivity contribution < 1.29 is 32.3 Å². The third-order valence-corrected chi connectivity index (χ3v) is 5.17. The Morgan fingerprint density at radius 3 is 2.15 bits per heavy atom. The van der Waals surface area contributed by atoms with Crippen molar-refractivity contribution in [1.29, 1.82) is 0 Å². The van der Waals surface area contributed by atoms with Gasteiger partial charge in [0.25, 0.3) is 5.78 Å². The summed E-state index contributed by atoms with van der Waals surface area (Å²) < 4.78 is 39.5. The van der Waals surface area contributed by atoms with E-state index >= 15 is 0 Å². The molecule has 1 aliphatic heterocycles. The molecule has 0 aliphatic carbocycles. The Kier molecular flexibility index (Phi) is 7.50. The van der Waals surface area contributed by atoms with E-state index in [2.05, 4.69) is 5.32 Å². The summed E-state index contributed by atoms with van der Waals surface area (Å²) in [5.41, 5.74) is 1.20. The molecular weight excluding hydrogens is 451 g/mol. The second-order valence-corrected chi connectivity index (χ2v) is 7.68. The van der Waals surface area contributed by atoms with Gasteiger partial charge in [-0.05, 0) is 11.1 Å². The van der Waals surface area contributed by atoms with Gasteiger partial charge in [-0.25, -0.2) is 0 Å². The molecule has 3 rings (SSSR count). The molecule has 0 bridgehead atoms. The summed E-state index contributed by atoms with van der Waals surface area (Å²) >= 11 is 0. The van der Waals surface area contributed by atoms with Crippen LogP contribution in [-0.2, 0) is 25.6 Å². The minimum Gasteiger partial charge on any atom is -0.344 e. The number of carbonyl (C=O) groups is 4. The number of ketones is 1. The quantitative estimate of drug-likeness (QED) is 0.670. The predicted molar refractivity (Wildman–Crippen MR) is 117 cm³/mol. The number of Topliss-reactive ketones (excluding diaryl/α,β-unsaturated/α-hetero) is 1. The summed E-state index contributed by atoms with van der Waals surface area (Å²) in [6.45, 7) is 0.335. The van der Waals surface area contributed by atoms with Gasteiger partial charge in [0.2, 0.25) is 17.7 Å². The largest absolute Gasteiger partial charge is 0.452 e. The van der Waals surface area contributed by atoms with Crippen LogP contribution in [0.15, 0.2) is 66.9 Å². The summed E-state index contributed by atoms with van der Waals surface area (Å²) in [7, 11) is 0. The molecule has 10 heteroatoms. The van der Waals surface area contributed by atoms with Crippen molar-refractivity contribution in [3.8, 4) is 0 Å². The summed E-state index contributed by atoms with van der Waals surface area (Å²) in [6, 6.07) is 14.6. The zero-order valence-corrected chi connectivity index (χ0v) is 18.2. The molecular formula is C24H22F3N3O4. The van der Waals surface area contributed by atoms with Crippen molar-refractivity contribution in [2.75, 3.05) is 13.1 Å². The van der Waals surface area contributed by atoms with Gasteiger partial charge in [0, 0.05) is 19.5 Å². The molecule has 1 heterocycles. The van der Waals surface area contributed by atoms with Gasteiger partial charge < -0.3 is 10.2 Å². The molecule has 0 saturated heterocycles. The molecule has 34 heavy (non-hydrogen) atoms. The number of benzene rings is 2. The Morgan fingerprint density at radius 2 is 1.59 bits per heavy atom. The minimum absolute atomic E-state index is 0.240. The van der Waals surface area contributed by atoms with Gasteiger partial charge in [0.15, 0.2) is 0 Å². The van der Waals surface area contributed by atoms with Gasteiger partial charge in [0.05, 0.1) is 5.70 Å². The molecule has 1 N–H and O–H groups in total. The molecule has 3 amide bonds. The summed E-state index contributed by atoms with van der Waals surface area (Å²) in [5, 5.41) is 2.14. The molecule has 0 aromatic heterocycles. The second kappa shape index (κ2) is 10.3. The number of carbonyl (C=O) groups excluding carboxylic acids is 4. The number of hydrogen-bond donors (Lipinski definition) is 1. The first-order valence-corrected chi connectivity index (χ1v) is 10.4. The molecule has 0 spiro atoms. The lowest BCUT2D eigenvalue weighted by atomic mass is 10.0. The Bertz CT molecular complexity index is 1100. The molecule has 1 aliphatic rings. The van der Waals surface area contributed by atoms with Gasteiger partial charge in [-0.1, -0.05) is 60.7 Å². The van der Waals surface area contributed by atoms with Gasteiger partial charge in [-0.2, -0.15) is 13.2 Å². The van der Waals surface area contributed by atoms with Crippen molar-refractivity contribution in [2.24, 2.45) is 0 Å². The Labute approximate surface area is 193 Å². The van der Waals surface area contributed by atoms with Crippen molar-refractivity contribution in [3.05, 3.63) is 78.0 Å². The van der Waals surface area contributed by atoms with Crippen molar-refractivity contribution in [2.45, 2.75) is 25.6 Å². The van der Waals surface area contributed by atoms with E-state index in [4.69, 9.17) is 0 Å². The van der Waals surface area contributed by atoms with Crippen molar-refractivity contribution in [3.63, 3.8) is 0 Å². The van der Waals surface area contributed by atoms with Crippen LogP contribution in [-0.4, -0.2) is 58.6 Å². The summed E-state index contributed by atoms with van der Waals surface area (Å²) in [4.78, 5) is 51.6. The van der Waals surface area contributed by atoms with Crippen LogP contribution in [0.1, 0.15) is 18.1 Å². The van der Waals surface area contributed by atoms with E-state index in [0.717, 1.165) is 4.90 Å². The smallest absolute Gasteiger partial charge is 0.344 e. The molecule has 0 fully saturated rings. The molecule has 2 aromatic carbocycles. The van der Waals surface area contributed by atoms with Crippen LogP contribution in [0.4, 0.5) is 13.2 Å². The van der Waals surface area contributed by atoms with E-state index < -0.39 is 36.4 Å². The number of halogens is 3. The maximum absolute atomic E-state index is 13.2. The van der Waals surface area contributed by atoms with E-state index in [1.807, 2.05) is 0 Å². The standard InChI is InChI=1S/C24H22F3N3O4/c1-16(31)29-13-20(18-10-6-3-7-11-18)30(22(33)15-29)14-21(32)28-19(23(34)24(25,26)27)12-17-8-4-2-5-9-17/h2-11,13,19H,12,14-15H2,1H3,(H,28,32). The van der Waals surface area contributed by atoms with Crippen LogP contribution in [0, 0.1) is 0 Å². The highest BCUT2D eigenvalue weighted by atomic mass is 19.4. The monoisotopic (exact) mass is 473 g/mol. The van der Waals surface area contributed by atoms with Gasteiger partial charge in [-0.15, -0.1) is 0 Å². The molecule has 2 aromatic rings. The number of hydrogen-bond acceptors (Lipinski definition) is 4. The highest BCUT2D eigenvalue weighted by Gasteiger charge is 2.44. The lowest BCUT2D eigenvalue weighted by Crippen LogP contribution is -2.52. The fourth-order valence-corrected chi connectivity index (χ4v) is 3.48. The number of rotatable bonds is 7. The van der Waals surface area contributed by atoms with Crippen LogP contribution in [0.5, 0.6) is 0 Å². The molecule has 0 radical (unpaired) electrons. The predicted octanol–water partition coefficient (Wildman–Crippen LogP) is 2.53. The third kappa shape index (κ3) is 6.09. The zero-order chi connectivity index (χ0) is 24.9. The SMILES string of the molecule is CC(=O)N1C=C(c2ccccc2)N(CC(=O)NC(Cc2ccccc2)C(=O)C(F)(F)F)C(=O)C1. The molecule has 7 nitrogen and oxygen atoms in total. The fraction of sp³-hybridized carbons (Fsp3) is 0.250. The van der Waals surface area contributed by atoms with Crippen molar-refractivity contribution in [1.82, 2.24) is 15.1 Å². The van der Waals surface area contributed by atoms with Gasteiger partial charge in [-0.3, -0.25) is 24.1 Å². The zero-order valence-electron chi connectivity index (χ0n) is 18.2. The Morgan fingerprint density at radius 1 is 1.00 bits per heavy atom.